The molecule has 0 unspecified atom stereocenters. The summed E-state index contributed by atoms with van der Waals surface area (Å²) in [6, 6.07) is 16.8. The molecule has 1 saturated carbocycles. The minimum Gasteiger partial charge on any atom is -0.482 e. The first kappa shape index (κ1) is 24.5. The summed E-state index contributed by atoms with van der Waals surface area (Å²) >= 11 is 0. The number of aromatic nitrogens is 3. The van der Waals surface area contributed by atoms with E-state index in [0.29, 0.717) is 16.7 Å². The van der Waals surface area contributed by atoms with Gasteiger partial charge in [-0.3, -0.25) is 4.79 Å². The van der Waals surface area contributed by atoms with E-state index in [1.807, 2.05) is 50.2 Å². The van der Waals surface area contributed by atoms with Gasteiger partial charge in [-0.15, -0.1) is 0 Å². The van der Waals surface area contributed by atoms with Crippen molar-refractivity contribution < 1.29 is 14.6 Å². The molecule has 1 fully saturated rings. The van der Waals surface area contributed by atoms with Gasteiger partial charge < -0.3 is 14.4 Å². The summed E-state index contributed by atoms with van der Waals surface area (Å²) in [6.45, 7) is 3.64. The fourth-order valence-corrected chi connectivity index (χ4v) is 5.15. The topological polar surface area (TPSA) is 98.7 Å². The maximum absolute atomic E-state index is 13.5. The van der Waals surface area contributed by atoms with Gasteiger partial charge >= 0.3 is 5.97 Å². The number of hydrogen-bond donors (Lipinski definition) is 1. The van der Waals surface area contributed by atoms with Gasteiger partial charge in [0.25, 0.3) is 5.56 Å². The maximum atomic E-state index is 13.5. The van der Waals surface area contributed by atoms with Crippen LogP contribution in [0.25, 0.3) is 16.6 Å². The third-order valence-corrected chi connectivity index (χ3v) is 6.99. The van der Waals surface area contributed by atoms with Crippen LogP contribution in [-0.2, 0) is 4.79 Å². The molecule has 190 valence electrons. The molecule has 4 aromatic rings. The van der Waals surface area contributed by atoms with E-state index in [1.54, 1.807) is 24.4 Å². The molecule has 0 spiro atoms. The van der Waals surface area contributed by atoms with E-state index in [0.717, 1.165) is 54.1 Å². The van der Waals surface area contributed by atoms with Gasteiger partial charge in [0, 0.05) is 28.6 Å². The minimum atomic E-state index is -1.02. The molecule has 0 bridgehead atoms. The molecule has 8 nitrogen and oxygen atoms in total. The van der Waals surface area contributed by atoms with Gasteiger partial charge in [0.1, 0.15) is 11.6 Å². The zero-order valence-electron chi connectivity index (χ0n) is 21.1. The van der Waals surface area contributed by atoms with E-state index in [9.17, 15) is 9.59 Å². The number of benzene rings is 2. The number of ether oxygens (including phenoxy) is 1. The normalized spacial score (nSPS) is 14.4. The number of hydrogen-bond acceptors (Lipinski definition) is 5. The smallest absolute Gasteiger partial charge is 0.341 e. The molecule has 0 aliphatic heterocycles. The average molecular weight is 499 g/mol. The Hall–Kier alpha value is -4.20. The van der Waals surface area contributed by atoms with E-state index in [2.05, 4.69) is 4.57 Å². The number of fused-ring (bicyclic) bond motifs is 1. The Bertz CT molecular complexity index is 1530. The summed E-state index contributed by atoms with van der Waals surface area (Å²) in [5.41, 5.74) is 4.38. The Kier molecular flexibility index (Phi) is 6.90. The second-order valence-electron chi connectivity index (χ2n) is 9.52. The SMILES string of the molecule is Cc1cc(C=Nn2c(C3CCCCC3)nc3ccccc3c2=O)c(C)n1-c1ccc(OCC(=O)O)cc1. The van der Waals surface area contributed by atoms with E-state index >= 15 is 0 Å². The van der Waals surface area contributed by atoms with Crippen LogP contribution in [0.5, 0.6) is 5.75 Å². The number of para-hydroxylation sites is 1. The standard InChI is InChI=1S/C29H30N4O4/c1-19-16-22(20(2)32(19)23-12-14-24(15-13-23)37-18-27(34)35)17-30-33-28(21-8-4-3-5-9-21)31-26-11-7-6-10-25(26)29(33)36/h6-7,10-17,21H,3-5,8-9,18H2,1-2H3,(H,34,35). The highest BCUT2D eigenvalue weighted by molar-refractivity contribution is 5.82. The van der Waals surface area contributed by atoms with Crippen LogP contribution in [0, 0.1) is 13.8 Å². The second-order valence-corrected chi connectivity index (χ2v) is 9.52. The Balaban J connectivity index is 1.50. The second kappa shape index (κ2) is 10.4. The van der Waals surface area contributed by atoms with Crippen LogP contribution >= 0.6 is 0 Å². The van der Waals surface area contributed by atoms with Crippen LogP contribution in [-0.4, -0.2) is 38.1 Å². The third-order valence-electron chi connectivity index (χ3n) is 6.99. The van der Waals surface area contributed by atoms with E-state index in [4.69, 9.17) is 19.9 Å². The molecule has 2 aromatic heterocycles. The summed E-state index contributed by atoms with van der Waals surface area (Å²) < 4.78 is 8.83. The minimum absolute atomic E-state index is 0.145. The van der Waals surface area contributed by atoms with Crippen molar-refractivity contribution in [3.63, 3.8) is 0 Å². The molecule has 0 amide bonds. The molecule has 0 atom stereocenters. The van der Waals surface area contributed by atoms with Gasteiger partial charge in [-0.05, 0) is 69.2 Å². The first-order chi connectivity index (χ1) is 17.9. The summed E-state index contributed by atoms with van der Waals surface area (Å²) in [6.07, 6.45) is 7.27. The maximum Gasteiger partial charge on any atom is 0.341 e. The molecule has 5 rings (SSSR count). The van der Waals surface area contributed by atoms with Crippen LogP contribution in [0.4, 0.5) is 0 Å². The number of carbonyl (C=O) groups is 1. The molecular formula is C29H30N4O4. The summed E-state index contributed by atoms with van der Waals surface area (Å²) in [4.78, 5) is 29.1. The molecule has 37 heavy (non-hydrogen) atoms. The van der Waals surface area contributed by atoms with Gasteiger partial charge in [-0.25, -0.2) is 9.78 Å². The van der Waals surface area contributed by atoms with Gasteiger partial charge in [0.05, 0.1) is 17.1 Å². The summed E-state index contributed by atoms with van der Waals surface area (Å²) in [7, 11) is 0. The third kappa shape index (κ3) is 5.05. The fourth-order valence-electron chi connectivity index (χ4n) is 5.15. The first-order valence-corrected chi connectivity index (χ1v) is 12.6. The van der Waals surface area contributed by atoms with Crippen molar-refractivity contribution in [2.75, 3.05) is 6.61 Å². The number of rotatable bonds is 7. The monoisotopic (exact) mass is 498 g/mol. The highest BCUT2D eigenvalue weighted by Gasteiger charge is 2.22. The van der Waals surface area contributed by atoms with Crippen molar-refractivity contribution in [2.45, 2.75) is 51.9 Å². The average Bonchev–Trinajstić information content (AvgIpc) is 3.20. The van der Waals surface area contributed by atoms with Crippen LogP contribution < -0.4 is 10.3 Å². The zero-order chi connectivity index (χ0) is 25.9. The first-order valence-electron chi connectivity index (χ1n) is 12.6. The Labute approximate surface area is 214 Å². The lowest BCUT2D eigenvalue weighted by Gasteiger charge is -2.22. The van der Waals surface area contributed by atoms with Crippen LogP contribution in [0.2, 0.25) is 0 Å². The molecule has 1 N–H and O–H groups in total. The van der Waals surface area contributed by atoms with E-state index in [1.165, 1.54) is 11.1 Å². The zero-order valence-corrected chi connectivity index (χ0v) is 21.1. The molecule has 1 aliphatic carbocycles. The largest absolute Gasteiger partial charge is 0.482 e. The van der Waals surface area contributed by atoms with Crippen molar-refractivity contribution in [1.29, 1.82) is 0 Å². The van der Waals surface area contributed by atoms with Gasteiger partial charge in [-0.2, -0.15) is 9.78 Å². The summed E-state index contributed by atoms with van der Waals surface area (Å²) in [5.74, 6) is 0.439. The predicted molar refractivity (Wildman–Crippen MR) is 143 cm³/mol. The lowest BCUT2D eigenvalue weighted by atomic mass is 9.88. The highest BCUT2D eigenvalue weighted by atomic mass is 16.5. The van der Waals surface area contributed by atoms with Crippen molar-refractivity contribution in [3.05, 3.63) is 87.7 Å². The molecule has 2 heterocycles. The van der Waals surface area contributed by atoms with Crippen LogP contribution in [0.1, 0.15) is 60.8 Å². The number of aliphatic carboxylic acids is 1. The van der Waals surface area contributed by atoms with Crippen molar-refractivity contribution in [2.24, 2.45) is 5.10 Å². The molecule has 1 aliphatic rings. The molecule has 8 heteroatoms. The fraction of sp³-hybridized carbons (Fsp3) is 0.310. The number of nitrogens with zero attached hydrogens (tertiary/aromatic N) is 4. The van der Waals surface area contributed by atoms with E-state index in [-0.39, 0.29) is 18.1 Å². The molecule has 0 radical (unpaired) electrons. The molecule has 2 aromatic carbocycles. The highest BCUT2D eigenvalue weighted by Crippen LogP contribution is 2.32. The Morgan fingerprint density at radius 2 is 1.84 bits per heavy atom. The lowest BCUT2D eigenvalue weighted by molar-refractivity contribution is -0.139. The Morgan fingerprint density at radius 3 is 2.57 bits per heavy atom. The van der Waals surface area contributed by atoms with Gasteiger partial charge in [-0.1, -0.05) is 31.4 Å². The van der Waals surface area contributed by atoms with E-state index < -0.39 is 5.97 Å². The summed E-state index contributed by atoms with van der Waals surface area (Å²) in [5, 5.41) is 14.1. The van der Waals surface area contributed by atoms with Crippen LogP contribution in [0.15, 0.2) is 64.5 Å². The quantitative estimate of drug-likeness (QED) is 0.353. The number of aryl methyl sites for hydroxylation is 1. The Morgan fingerprint density at radius 1 is 1.11 bits per heavy atom. The number of carboxylic acid groups (broad SMARTS) is 1. The molecular weight excluding hydrogens is 468 g/mol. The predicted octanol–water partition coefficient (Wildman–Crippen LogP) is 5.20. The number of carboxylic acids is 1. The van der Waals surface area contributed by atoms with Gasteiger partial charge in [0.15, 0.2) is 6.61 Å². The van der Waals surface area contributed by atoms with Gasteiger partial charge in [0.2, 0.25) is 0 Å². The van der Waals surface area contributed by atoms with Crippen LogP contribution in [0.3, 0.4) is 0 Å². The lowest BCUT2D eigenvalue weighted by Crippen LogP contribution is -2.25. The van der Waals surface area contributed by atoms with Crippen molar-refractivity contribution in [1.82, 2.24) is 14.2 Å². The van der Waals surface area contributed by atoms with Crippen molar-refractivity contribution in [3.8, 4) is 11.4 Å². The van der Waals surface area contributed by atoms with Crippen molar-refractivity contribution >= 4 is 23.1 Å². The molecule has 0 saturated heterocycles.